The van der Waals surface area contributed by atoms with Crippen LogP contribution in [0.15, 0.2) is 72.9 Å². The number of aromatic nitrogens is 4. The summed E-state index contributed by atoms with van der Waals surface area (Å²) in [5.41, 5.74) is 3.51. The van der Waals surface area contributed by atoms with Gasteiger partial charge in [-0.2, -0.15) is 4.98 Å². The summed E-state index contributed by atoms with van der Waals surface area (Å²) in [6.07, 6.45) is 1.77. The summed E-state index contributed by atoms with van der Waals surface area (Å²) in [5.74, 6) is 0.564. The molecule has 22 heavy (non-hydrogen) atoms. The molecule has 0 bridgehead atoms. The van der Waals surface area contributed by atoms with Crippen LogP contribution in [-0.2, 0) is 0 Å². The van der Waals surface area contributed by atoms with E-state index in [1.165, 1.54) is 0 Å². The van der Waals surface area contributed by atoms with Gasteiger partial charge in [0.05, 0.1) is 11.4 Å². The number of rotatable bonds is 3. The maximum Gasteiger partial charge on any atom is 0.247 e. The minimum Gasteiger partial charge on any atom is -0.323 e. The zero-order chi connectivity index (χ0) is 14.8. The Morgan fingerprint density at radius 2 is 1.68 bits per heavy atom. The summed E-state index contributed by atoms with van der Waals surface area (Å²) in [5, 5.41) is 7.75. The van der Waals surface area contributed by atoms with Gasteiger partial charge in [-0.25, -0.2) is 4.52 Å². The molecule has 1 aromatic carbocycles. The topological polar surface area (TPSA) is 55.1 Å². The summed E-state index contributed by atoms with van der Waals surface area (Å²) in [4.78, 5) is 8.89. The molecule has 0 aliphatic rings. The number of anilines is 2. The van der Waals surface area contributed by atoms with Crippen LogP contribution in [0.3, 0.4) is 0 Å². The predicted molar refractivity (Wildman–Crippen MR) is 85.9 cm³/mol. The van der Waals surface area contributed by atoms with E-state index in [0.717, 1.165) is 22.7 Å². The van der Waals surface area contributed by atoms with Gasteiger partial charge in [0.2, 0.25) is 5.95 Å². The predicted octanol–water partition coefficient (Wildman–Crippen LogP) is 3.53. The molecule has 0 fully saturated rings. The van der Waals surface area contributed by atoms with Crippen molar-refractivity contribution in [1.29, 1.82) is 0 Å². The molecular formula is C17H13N5. The van der Waals surface area contributed by atoms with Crippen molar-refractivity contribution < 1.29 is 0 Å². The number of hydrogen-bond donors (Lipinski definition) is 1. The van der Waals surface area contributed by atoms with Crippen LogP contribution in [0.4, 0.5) is 11.6 Å². The third-order valence-electron chi connectivity index (χ3n) is 3.32. The van der Waals surface area contributed by atoms with Crippen LogP contribution in [0.5, 0.6) is 0 Å². The molecule has 0 atom stereocenters. The Morgan fingerprint density at radius 1 is 0.818 bits per heavy atom. The maximum absolute atomic E-state index is 4.54. The standard InChI is InChI=1S/C17H13N5/c1-2-7-13(8-3-1)19-17-20-16-11-6-10-15(22(16)21-17)14-9-4-5-12-18-14/h1-12H,(H,19,21). The van der Waals surface area contributed by atoms with Gasteiger partial charge in [0, 0.05) is 11.9 Å². The number of para-hydroxylation sites is 1. The second-order valence-electron chi connectivity index (χ2n) is 4.82. The fraction of sp³-hybridized carbons (Fsp3) is 0. The van der Waals surface area contributed by atoms with Gasteiger partial charge < -0.3 is 5.32 Å². The largest absolute Gasteiger partial charge is 0.323 e. The first-order valence-corrected chi connectivity index (χ1v) is 6.99. The molecule has 5 nitrogen and oxygen atoms in total. The second-order valence-corrected chi connectivity index (χ2v) is 4.82. The zero-order valence-electron chi connectivity index (χ0n) is 11.7. The van der Waals surface area contributed by atoms with Gasteiger partial charge in [0.15, 0.2) is 5.65 Å². The Labute approximate surface area is 127 Å². The van der Waals surface area contributed by atoms with Gasteiger partial charge in [-0.3, -0.25) is 4.98 Å². The average molecular weight is 287 g/mol. The van der Waals surface area contributed by atoms with Crippen molar-refractivity contribution in [3.05, 3.63) is 72.9 Å². The first kappa shape index (κ1) is 12.5. The number of nitrogens with zero attached hydrogens (tertiary/aromatic N) is 4. The molecule has 4 aromatic rings. The molecule has 0 radical (unpaired) electrons. The minimum atomic E-state index is 0.564. The Morgan fingerprint density at radius 3 is 2.50 bits per heavy atom. The molecule has 0 amide bonds. The van der Waals surface area contributed by atoms with Crippen LogP contribution in [-0.4, -0.2) is 19.6 Å². The van der Waals surface area contributed by atoms with Crippen molar-refractivity contribution in [2.45, 2.75) is 0 Å². The van der Waals surface area contributed by atoms with Crippen molar-refractivity contribution in [1.82, 2.24) is 19.6 Å². The van der Waals surface area contributed by atoms with Crippen LogP contribution in [0.2, 0.25) is 0 Å². The number of benzene rings is 1. The van der Waals surface area contributed by atoms with Gasteiger partial charge in [-0.1, -0.05) is 30.3 Å². The Bertz CT molecular complexity index is 900. The normalized spacial score (nSPS) is 10.7. The highest BCUT2D eigenvalue weighted by Gasteiger charge is 2.09. The molecule has 4 rings (SSSR count). The van der Waals surface area contributed by atoms with Crippen LogP contribution >= 0.6 is 0 Å². The lowest BCUT2D eigenvalue weighted by Crippen LogP contribution is -1.96. The van der Waals surface area contributed by atoms with Gasteiger partial charge in [-0.05, 0) is 36.4 Å². The summed E-state index contributed by atoms with van der Waals surface area (Å²) in [6, 6.07) is 21.6. The van der Waals surface area contributed by atoms with Crippen molar-refractivity contribution in [3.63, 3.8) is 0 Å². The molecule has 0 unspecified atom stereocenters. The third-order valence-corrected chi connectivity index (χ3v) is 3.32. The van der Waals surface area contributed by atoms with E-state index in [4.69, 9.17) is 0 Å². The molecule has 3 heterocycles. The molecule has 5 heteroatoms. The first-order valence-electron chi connectivity index (χ1n) is 6.99. The Hall–Kier alpha value is -3.21. The lowest BCUT2D eigenvalue weighted by atomic mass is 10.2. The second kappa shape index (κ2) is 5.29. The highest BCUT2D eigenvalue weighted by atomic mass is 15.4. The Balaban J connectivity index is 1.78. The molecule has 0 saturated heterocycles. The summed E-state index contributed by atoms with van der Waals surface area (Å²) < 4.78 is 1.80. The van der Waals surface area contributed by atoms with E-state index in [1.807, 2.05) is 66.7 Å². The number of fused-ring (bicyclic) bond motifs is 1. The molecular weight excluding hydrogens is 274 g/mol. The van der Waals surface area contributed by atoms with Gasteiger partial charge in [-0.15, -0.1) is 5.10 Å². The fourth-order valence-corrected chi connectivity index (χ4v) is 2.32. The van der Waals surface area contributed by atoms with Crippen LogP contribution in [0.25, 0.3) is 17.0 Å². The smallest absolute Gasteiger partial charge is 0.247 e. The molecule has 0 aliphatic carbocycles. The maximum atomic E-state index is 4.54. The number of hydrogen-bond acceptors (Lipinski definition) is 4. The summed E-state index contributed by atoms with van der Waals surface area (Å²) >= 11 is 0. The first-order chi connectivity index (χ1) is 10.9. The molecule has 1 N–H and O–H groups in total. The van der Waals surface area contributed by atoms with E-state index in [0.29, 0.717) is 5.95 Å². The van der Waals surface area contributed by atoms with E-state index in [-0.39, 0.29) is 0 Å². The quantitative estimate of drug-likeness (QED) is 0.626. The number of pyridine rings is 2. The van der Waals surface area contributed by atoms with Crippen LogP contribution < -0.4 is 5.32 Å². The highest BCUT2D eigenvalue weighted by molar-refractivity contribution is 5.61. The van der Waals surface area contributed by atoms with Gasteiger partial charge >= 0.3 is 0 Å². The summed E-state index contributed by atoms with van der Waals surface area (Å²) in [6.45, 7) is 0. The lowest BCUT2D eigenvalue weighted by Gasteiger charge is -2.02. The Kier molecular flexibility index (Phi) is 3.01. The number of nitrogens with one attached hydrogen (secondary N) is 1. The molecule has 106 valence electrons. The molecule has 0 aliphatic heterocycles. The fourth-order valence-electron chi connectivity index (χ4n) is 2.32. The summed E-state index contributed by atoms with van der Waals surface area (Å²) in [7, 11) is 0. The van der Waals surface area contributed by atoms with Crippen molar-refractivity contribution in [3.8, 4) is 11.4 Å². The average Bonchev–Trinajstić information content (AvgIpc) is 2.99. The molecule has 0 saturated carbocycles. The van der Waals surface area contributed by atoms with Crippen LogP contribution in [0.1, 0.15) is 0 Å². The van der Waals surface area contributed by atoms with E-state index in [9.17, 15) is 0 Å². The van der Waals surface area contributed by atoms with Gasteiger partial charge in [0.1, 0.15) is 0 Å². The van der Waals surface area contributed by atoms with E-state index >= 15 is 0 Å². The minimum absolute atomic E-state index is 0.564. The van der Waals surface area contributed by atoms with Crippen molar-refractivity contribution in [2.24, 2.45) is 0 Å². The SMILES string of the molecule is c1ccc(Nc2nc3cccc(-c4ccccn4)n3n2)cc1. The van der Waals surface area contributed by atoms with E-state index < -0.39 is 0 Å². The van der Waals surface area contributed by atoms with Crippen molar-refractivity contribution >= 4 is 17.3 Å². The van der Waals surface area contributed by atoms with Crippen LogP contribution in [0, 0.1) is 0 Å². The highest BCUT2D eigenvalue weighted by Crippen LogP contribution is 2.20. The zero-order valence-corrected chi connectivity index (χ0v) is 11.7. The van der Waals surface area contributed by atoms with E-state index in [2.05, 4.69) is 20.4 Å². The molecule has 0 spiro atoms. The third kappa shape index (κ3) is 2.29. The van der Waals surface area contributed by atoms with E-state index in [1.54, 1.807) is 10.7 Å². The lowest BCUT2D eigenvalue weighted by molar-refractivity contribution is 0.966. The monoisotopic (exact) mass is 287 g/mol. The van der Waals surface area contributed by atoms with Crippen molar-refractivity contribution in [2.75, 3.05) is 5.32 Å². The molecule has 3 aromatic heterocycles. The van der Waals surface area contributed by atoms with Gasteiger partial charge in [0.25, 0.3) is 0 Å².